The molecule has 0 aliphatic carbocycles. The zero-order valence-electron chi connectivity index (χ0n) is 10.00. The summed E-state index contributed by atoms with van der Waals surface area (Å²) in [6.45, 7) is 3.05. The molecule has 1 fully saturated rings. The highest BCUT2D eigenvalue weighted by Crippen LogP contribution is 2.25. The Bertz CT molecular complexity index is 446. The van der Waals surface area contributed by atoms with E-state index in [1.807, 2.05) is 6.92 Å². The van der Waals surface area contributed by atoms with Crippen LogP contribution in [0.4, 0.5) is 8.78 Å². The van der Waals surface area contributed by atoms with E-state index in [0.29, 0.717) is 17.9 Å². The van der Waals surface area contributed by atoms with E-state index in [9.17, 15) is 13.6 Å². The zero-order chi connectivity index (χ0) is 13.3. The average Bonchev–Trinajstić information content (AvgIpc) is 2.32. The summed E-state index contributed by atoms with van der Waals surface area (Å²) in [7, 11) is 0. The third kappa shape index (κ3) is 2.55. The molecule has 1 saturated heterocycles. The lowest BCUT2D eigenvalue weighted by atomic mass is 9.99. The van der Waals surface area contributed by atoms with Crippen molar-refractivity contribution >= 4 is 21.8 Å². The highest BCUT2D eigenvalue weighted by Gasteiger charge is 2.30. The third-order valence-corrected chi connectivity index (χ3v) is 4.62. The van der Waals surface area contributed by atoms with Gasteiger partial charge in [0.25, 0.3) is 5.91 Å². The Morgan fingerprint density at radius 2 is 2.00 bits per heavy atom. The van der Waals surface area contributed by atoms with Crippen LogP contribution in [0.5, 0.6) is 0 Å². The van der Waals surface area contributed by atoms with Gasteiger partial charge < -0.3 is 4.90 Å². The number of nitrogens with zero attached hydrogens (tertiary/aromatic N) is 1. The molecule has 0 bridgehead atoms. The van der Waals surface area contributed by atoms with E-state index < -0.39 is 23.1 Å². The molecule has 2 atom stereocenters. The number of carbonyl (C=O) groups excluding carboxylic acids is 1. The van der Waals surface area contributed by atoms with Crippen molar-refractivity contribution in [2.75, 3.05) is 13.1 Å². The predicted octanol–water partition coefficient (Wildman–Crippen LogP) is 3.21. The number of alkyl halides is 1. The highest BCUT2D eigenvalue weighted by molar-refractivity contribution is 9.09. The minimum absolute atomic E-state index is 0.275. The van der Waals surface area contributed by atoms with Crippen LogP contribution >= 0.6 is 15.9 Å². The number of halogens is 3. The smallest absolute Gasteiger partial charge is 0.259 e. The van der Waals surface area contributed by atoms with Crippen LogP contribution in [-0.2, 0) is 0 Å². The Balaban J connectivity index is 2.22. The summed E-state index contributed by atoms with van der Waals surface area (Å²) in [4.78, 5) is 14.0. The summed E-state index contributed by atoms with van der Waals surface area (Å²) in [5.41, 5.74) is -0.447. The van der Waals surface area contributed by atoms with Gasteiger partial charge in [0, 0.05) is 17.9 Å². The third-order valence-electron chi connectivity index (χ3n) is 3.26. The minimum atomic E-state index is -0.798. The quantitative estimate of drug-likeness (QED) is 0.728. The molecule has 1 aliphatic rings. The van der Waals surface area contributed by atoms with Crippen LogP contribution in [0.2, 0.25) is 0 Å². The number of carbonyl (C=O) groups is 1. The van der Waals surface area contributed by atoms with Gasteiger partial charge >= 0.3 is 0 Å². The fourth-order valence-corrected chi connectivity index (χ4v) is 2.53. The summed E-state index contributed by atoms with van der Waals surface area (Å²) in [5, 5.41) is 0. The fraction of sp³-hybridized carbons (Fsp3) is 0.462. The van der Waals surface area contributed by atoms with Crippen LogP contribution < -0.4 is 0 Å². The molecule has 0 spiro atoms. The SMILES string of the molecule is CC1CN(C(=O)c2c(F)cccc2F)CCC1Br. The van der Waals surface area contributed by atoms with Crippen molar-refractivity contribution in [2.24, 2.45) is 5.92 Å². The van der Waals surface area contributed by atoms with Crippen LogP contribution in [-0.4, -0.2) is 28.7 Å². The summed E-state index contributed by atoms with van der Waals surface area (Å²) in [6.07, 6.45) is 0.795. The molecule has 1 amide bonds. The largest absolute Gasteiger partial charge is 0.338 e. The second kappa shape index (κ2) is 5.34. The van der Waals surface area contributed by atoms with Crippen molar-refractivity contribution in [3.05, 3.63) is 35.4 Å². The molecular formula is C13H14BrF2NO. The number of likely N-dealkylation sites (tertiary alicyclic amines) is 1. The topological polar surface area (TPSA) is 20.3 Å². The summed E-state index contributed by atoms with van der Waals surface area (Å²) in [6, 6.07) is 3.47. The van der Waals surface area contributed by atoms with E-state index >= 15 is 0 Å². The van der Waals surface area contributed by atoms with Crippen LogP contribution in [0.1, 0.15) is 23.7 Å². The van der Waals surface area contributed by atoms with Gasteiger partial charge in [-0.05, 0) is 24.5 Å². The highest BCUT2D eigenvalue weighted by atomic mass is 79.9. The number of rotatable bonds is 1. The van der Waals surface area contributed by atoms with Gasteiger partial charge in [-0.25, -0.2) is 8.78 Å². The summed E-state index contributed by atoms with van der Waals surface area (Å²) < 4.78 is 27.1. The molecule has 0 radical (unpaired) electrons. The van der Waals surface area contributed by atoms with Gasteiger partial charge in [-0.1, -0.05) is 28.9 Å². The molecule has 5 heteroatoms. The Labute approximate surface area is 113 Å². The van der Waals surface area contributed by atoms with Gasteiger partial charge in [-0.3, -0.25) is 4.79 Å². The lowest BCUT2D eigenvalue weighted by molar-refractivity contribution is 0.0680. The van der Waals surface area contributed by atoms with E-state index in [2.05, 4.69) is 15.9 Å². The molecule has 98 valence electrons. The van der Waals surface area contributed by atoms with E-state index in [0.717, 1.165) is 18.6 Å². The second-order valence-electron chi connectivity index (χ2n) is 4.63. The lowest BCUT2D eigenvalue weighted by Crippen LogP contribution is -2.43. The van der Waals surface area contributed by atoms with Gasteiger partial charge in [-0.15, -0.1) is 0 Å². The molecule has 1 aromatic carbocycles. The van der Waals surface area contributed by atoms with Gasteiger partial charge in [-0.2, -0.15) is 0 Å². The maximum absolute atomic E-state index is 13.5. The molecular weight excluding hydrogens is 304 g/mol. The number of amides is 1. The number of hydrogen-bond donors (Lipinski definition) is 0. The normalized spacial score (nSPS) is 24.1. The Morgan fingerprint density at radius 1 is 1.39 bits per heavy atom. The Kier molecular flexibility index (Phi) is 4.00. The van der Waals surface area contributed by atoms with Crippen molar-refractivity contribution in [1.29, 1.82) is 0 Å². The first-order valence-corrected chi connectivity index (χ1v) is 6.79. The van der Waals surface area contributed by atoms with Crippen LogP contribution in [0, 0.1) is 17.6 Å². The fourth-order valence-electron chi connectivity index (χ4n) is 2.16. The molecule has 1 heterocycles. The van der Waals surface area contributed by atoms with E-state index in [4.69, 9.17) is 0 Å². The molecule has 1 aliphatic heterocycles. The van der Waals surface area contributed by atoms with Crippen molar-refractivity contribution in [3.8, 4) is 0 Å². The van der Waals surface area contributed by atoms with Gasteiger partial charge in [0.2, 0.25) is 0 Å². The Morgan fingerprint density at radius 3 is 2.56 bits per heavy atom. The zero-order valence-corrected chi connectivity index (χ0v) is 11.6. The van der Waals surface area contributed by atoms with Crippen molar-refractivity contribution in [3.63, 3.8) is 0 Å². The second-order valence-corrected chi connectivity index (χ2v) is 5.81. The summed E-state index contributed by atoms with van der Waals surface area (Å²) in [5.74, 6) is -1.88. The molecule has 1 aromatic rings. The number of hydrogen-bond acceptors (Lipinski definition) is 1. The first kappa shape index (κ1) is 13.5. The van der Waals surface area contributed by atoms with Crippen LogP contribution in [0.15, 0.2) is 18.2 Å². The summed E-state index contributed by atoms with van der Waals surface area (Å²) >= 11 is 3.53. The maximum atomic E-state index is 13.5. The lowest BCUT2D eigenvalue weighted by Gasteiger charge is -2.34. The van der Waals surface area contributed by atoms with E-state index in [1.54, 1.807) is 0 Å². The standard InChI is InChI=1S/C13H14BrF2NO/c1-8-7-17(6-5-9(8)14)13(18)12-10(15)3-2-4-11(12)16/h2-4,8-9H,5-7H2,1H3. The molecule has 0 N–H and O–H groups in total. The monoisotopic (exact) mass is 317 g/mol. The van der Waals surface area contributed by atoms with Crippen molar-refractivity contribution in [2.45, 2.75) is 18.2 Å². The number of piperidine rings is 1. The predicted molar refractivity (Wildman–Crippen MR) is 68.8 cm³/mol. The molecule has 18 heavy (non-hydrogen) atoms. The molecule has 2 unspecified atom stereocenters. The molecule has 0 aromatic heterocycles. The van der Waals surface area contributed by atoms with Crippen molar-refractivity contribution < 1.29 is 13.6 Å². The van der Waals surface area contributed by atoms with E-state index in [-0.39, 0.29) is 5.92 Å². The maximum Gasteiger partial charge on any atom is 0.259 e. The first-order valence-electron chi connectivity index (χ1n) is 5.88. The van der Waals surface area contributed by atoms with Crippen LogP contribution in [0.3, 0.4) is 0 Å². The molecule has 2 nitrogen and oxygen atoms in total. The molecule has 2 rings (SSSR count). The average molecular weight is 318 g/mol. The van der Waals surface area contributed by atoms with Gasteiger partial charge in [0.05, 0.1) is 0 Å². The Hall–Kier alpha value is -0.970. The molecule has 0 saturated carbocycles. The number of benzene rings is 1. The van der Waals surface area contributed by atoms with Gasteiger partial charge in [0.1, 0.15) is 17.2 Å². The van der Waals surface area contributed by atoms with Crippen LogP contribution in [0.25, 0.3) is 0 Å². The minimum Gasteiger partial charge on any atom is -0.338 e. The first-order chi connectivity index (χ1) is 8.50. The van der Waals surface area contributed by atoms with E-state index in [1.165, 1.54) is 11.0 Å². The van der Waals surface area contributed by atoms with Crippen molar-refractivity contribution in [1.82, 2.24) is 4.90 Å². The van der Waals surface area contributed by atoms with Gasteiger partial charge in [0.15, 0.2) is 0 Å².